The van der Waals surface area contributed by atoms with Crippen LogP contribution in [-0.4, -0.2) is 19.3 Å². The fourth-order valence-corrected chi connectivity index (χ4v) is 4.23. The van der Waals surface area contributed by atoms with Crippen molar-refractivity contribution in [3.05, 3.63) is 30.3 Å². The van der Waals surface area contributed by atoms with Crippen LogP contribution in [0.4, 0.5) is 0 Å². The predicted molar refractivity (Wildman–Crippen MR) is 61.2 cm³/mol. The van der Waals surface area contributed by atoms with Crippen LogP contribution in [-0.2, 0) is 9.84 Å². The van der Waals surface area contributed by atoms with Gasteiger partial charge in [0, 0.05) is 0 Å². The molecule has 4 heteroatoms. The Labute approximate surface area is 89.6 Å². The van der Waals surface area contributed by atoms with Crippen LogP contribution in [0.15, 0.2) is 35.2 Å². The summed E-state index contributed by atoms with van der Waals surface area (Å²) in [6, 6.07) is 8.61. The first kappa shape index (κ1) is 11.6. The predicted octanol–water partition coefficient (Wildman–Crippen LogP) is 2.56. The van der Waals surface area contributed by atoms with Gasteiger partial charge in [-0.3, -0.25) is 0 Å². The van der Waals surface area contributed by atoms with Gasteiger partial charge in [0.15, 0.2) is 9.84 Å². The average Bonchev–Trinajstić information content (AvgIpc) is 2.20. The van der Waals surface area contributed by atoms with Crippen LogP contribution in [0, 0.1) is 0 Å². The summed E-state index contributed by atoms with van der Waals surface area (Å²) in [7, 11) is -3.14. The largest absolute Gasteiger partial charge is 0.223 e. The lowest BCUT2D eigenvalue weighted by molar-refractivity contribution is 0.591. The van der Waals surface area contributed by atoms with Crippen molar-refractivity contribution in [1.29, 1.82) is 0 Å². The number of rotatable bonds is 4. The third-order valence-electron chi connectivity index (χ3n) is 2.01. The SMILES string of the molecule is CCC(SC)S(=O)(=O)c1ccccc1. The molecular formula is C10H14O2S2. The molecule has 0 aliphatic heterocycles. The number of thioether (sulfide) groups is 1. The number of benzene rings is 1. The molecule has 14 heavy (non-hydrogen) atoms. The summed E-state index contributed by atoms with van der Waals surface area (Å²) in [5.41, 5.74) is 0. The third kappa shape index (κ3) is 2.30. The minimum atomic E-state index is -3.14. The van der Waals surface area contributed by atoms with E-state index in [1.807, 2.05) is 19.2 Å². The molecule has 0 aliphatic rings. The lowest BCUT2D eigenvalue weighted by Gasteiger charge is -2.12. The van der Waals surface area contributed by atoms with Crippen LogP contribution in [0.1, 0.15) is 13.3 Å². The van der Waals surface area contributed by atoms with Crippen molar-refractivity contribution in [3.63, 3.8) is 0 Å². The summed E-state index contributed by atoms with van der Waals surface area (Å²) < 4.78 is 23.6. The van der Waals surface area contributed by atoms with Crippen molar-refractivity contribution in [2.24, 2.45) is 0 Å². The van der Waals surface area contributed by atoms with Gasteiger partial charge >= 0.3 is 0 Å². The Hall–Kier alpha value is -0.480. The van der Waals surface area contributed by atoms with E-state index in [9.17, 15) is 8.42 Å². The van der Waals surface area contributed by atoms with E-state index in [1.165, 1.54) is 11.8 Å². The average molecular weight is 230 g/mol. The second-order valence-electron chi connectivity index (χ2n) is 2.93. The van der Waals surface area contributed by atoms with Gasteiger partial charge in [-0.25, -0.2) is 8.42 Å². The molecule has 0 saturated heterocycles. The molecule has 1 aromatic rings. The van der Waals surface area contributed by atoms with Crippen LogP contribution in [0.2, 0.25) is 0 Å². The topological polar surface area (TPSA) is 34.1 Å². The molecule has 0 spiro atoms. The van der Waals surface area contributed by atoms with E-state index >= 15 is 0 Å². The van der Waals surface area contributed by atoms with Gasteiger partial charge in [0.2, 0.25) is 0 Å². The molecule has 0 heterocycles. The van der Waals surface area contributed by atoms with Crippen molar-refractivity contribution in [2.45, 2.75) is 22.8 Å². The maximum atomic E-state index is 12.0. The third-order valence-corrected chi connectivity index (χ3v) is 6.17. The molecule has 1 atom stereocenters. The summed E-state index contributed by atoms with van der Waals surface area (Å²) in [4.78, 5) is 0.418. The molecule has 0 amide bonds. The van der Waals surface area contributed by atoms with E-state index in [2.05, 4.69) is 0 Å². The first-order valence-corrected chi connectivity index (χ1v) is 7.28. The summed E-state index contributed by atoms with van der Waals surface area (Å²) in [6.07, 6.45) is 2.47. The fraction of sp³-hybridized carbons (Fsp3) is 0.400. The van der Waals surface area contributed by atoms with Crippen LogP contribution < -0.4 is 0 Å². The quantitative estimate of drug-likeness (QED) is 0.797. The Balaban J connectivity index is 3.08. The number of hydrogen-bond acceptors (Lipinski definition) is 3. The summed E-state index contributed by atoms with van der Waals surface area (Å²) >= 11 is 1.38. The lowest BCUT2D eigenvalue weighted by atomic mass is 10.4. The van der Waals surface area contributed by atoms with Gasteiger partial charge in [-0.1, -0.05) is 25.1 Å². The van der Waals surface area contributed by atoms with Crippen LogP contribution in [0.5, 0.6) is 0 Å². The van der Waals surface area contributed by atoms with Crippen LogP contribution >= 0.6 is 11.8 Å². The van der Waals surface area contributed by atoms with E-state index in [1.54, 1.807) is 24.3 Å². The van der Waals surface area contributed by atoms with Crippen molar-refractivity contribution in [2.75, 3.05) is 6.26 Å². The first-order valence-electron chi connectivity index (χ1n) is 4.44. The Morgan fingerprint density at radius 2 is 1.86 bits per heavy atom. The molecule has 0 fully saturated rings. The standard InChI is InChI=1S/C10H14O2S2/c1-3-10(13-2)14(11,12)9-7-5-4-6-8-9/h4-8,10H,3H2,1-2H3. The molecule has 0 aliphatic carbocycles. The van der Waals surface area contributed by atoms with Crippen molar-refractivity contribution >= 4 is 21.6 Å². The monoisotopic (exact) mass is 230 g/mol. The van der Waals surface area contributed by atoms with Gasteiger partial charge in [-0.05, 0) is 24.8 Å². The van der Waals surface area contributed by atoms with E-state index in [0.717, 1.165) is 0 Å². The highest BCUT2D eigenvalue weighted by molar-refractivity contribution is 8.13. The second kappa shape index (κ2) is 4.84. The van der Waals surface area contributed by atoms with Gasteiger partial charge in [-0.2, -0.15) is 0 Å². The Morgan fingerprint density at radius 1 is 1.29 bits per heavy atom. The molecular weight excluding hydrogens is 216 g/mol. The maximum absolute atomic E-state index is 12.0. The zero-order valence-electron chi connectivity index (χ0n) is 8.30. The fourth-order valence-electron chi connectivity index (χ4n) is 1.27. The molecule has 1 rings (SSSR count). The number of sulfone groups is 1. The molecule has 2 nitrogen and oxygen atoms in total. The van der Waals surface area contributed by atoms with Crippen LogP contribution in [0.25, 0.3) is 0 Å². The molecule has 0 bridgehead atoms. The Bertz CT molecular complexity index is 366. The Morgan fingerprint density at radius 3 is 2.29 bits per heavy atom. The molecule has 0 radical (unpaired) electrons. The summed E-state index contributed by atoms with van der Waals surface area (Å²) in [5, 5.41) is 0. The first-order chi connectivity index (χ1) is 6.62. The van der Waals surface area contributed by atoms with Gasteiger partial charge in [0.05, 0.1) is 4.90 Å². The highest BCUT2D eigenvalue weighted by Crippen LogP contribution is 2.24. The molecule has 78 valence electrons. The van der Waals surface area contributed by atoms with E-state index in [4.69, 9.17) is 0 Å². The minimum Gasteiger partial charge on any atom is -0.223 e. The molecule has 1 aromatic carbocycles. The highest BCUT2D eigenvalue weighted by atomic mass is 32.3. The summed E-state index contributed by atoms with van der Waals surface area (Å²) in [5.74, 6) is 0. The highest BCUT2D eigenvalue weighted by Gasteiger charge is 2.24. The summed E-state index contributed by atoms with van der Waals surface area (Å²) in [6.45, 7) is 1.89. The van der Waals surface area contributed by atoms with Gasteiger partial charge in [0.1, 0.15) is 4.58 Å². The number of hydrogen-bond donors (Lipinski definition) is 0. The lowest BCUT2D eigenvalue weighted by Crippen LogP contribution is -2.16. The van der Waals surface area contributed by atoms with Crippen molar-refractivity contribution in [3.8, 4) is 0 Å². The molecule has 0 saturated carbocycles. The normalized spacial score (nSPS) is 13.9. The van der Waals surface area contributed by atoms with Gasteiger partial charge < -0.3 is 0 Å². The zero-order valence-corrected chi connectivity index (χ0v) is 9.94. The molecule has 0 aromatic heterocycles. The second-order valence-corrected chi connectivity index (χ2v) is 6.40. The van der Waals surface area contributed by atoms with Gasteiger partial charge in [0.25, 0.3) is 0 Å². The molecule has 1 unspecified atom stereocenters. The Kier molecular flexibility index (Phi) is 4.01. The zero-order chi connectivity index (χ0) is 10.6. The maximum Gasteiger partial charge on any atom is 0.190 e. The van der Waals surface area contributed by atoms with E-state index in [-0.39, 0.29) is 4.58 Å². The smallest absolute Gasteiger partial charge is 0.190 e. The van der Waals surface area contributed by atoms with E-state index in [0.29, 0.717) is 11.3 Å². The minimum absolute atomic E-state index is 0.329. The van der Waals surface area contributed by atoms with Crippen molar-refractivity contribution in [1.82, 2.24) is 0 Å². The van der Waals surface area contributed by atoms with Crippen molar-refractivity contribution < 1.29 is 8.42 Å². The molecule has 0 N–H and O–H groups in total. The van der Waals surface area contributed by atoms with Gasteiger partial charge in [-0.15, -0.1) is 11.8 Å². The van der Waals surface area contributed by atoms with E-state index < -0.39 is 9.84 Å². The van der Waals surface area contributed by atoms with Crippen LogP contribution in [0.3, 0.4) is 0 Å².